The van der Waals surface area contributed by atoms with Crippen LogP contribution in [0.15, 0.2) is 47.5 Å². The summed E-state index contributed by atoms with van der Waals surface area (Å²) in [5, 5.41) is 6.80. The summed E-state index contributed by atoms with van der Waals surface area (Å²) in [7, 11) is -3.38. The summed E-state index contributed by atoms with van der Waals surface area (Å²) in [5.41, 5.74) is 0.675. The van der Waals surface area contributed by atoms with E-state index in [2.05, 4.69) is 10.4 Å². The van der Waals surface area contributed by atoms with Crippen molar-refractivity contribution < 1.29 is 31.5 Å². The van der Waals surface area contributed by atoms with Gasteiger partial charge in [-0.1, -0.05) is 18.2 Å². The second-order valence-corrected chi connectivity index (χ2v) is 12.7. The molecule has 5 rings (SSSR count). The largest absolute Gasteiger partial charge is 0.348 e. The van der Waals surface area contributed by atoms with Crippen molar-refractivity contribution >= 4 is 27.1 Å². The molecule has 0 radical (unpaired) electrons. The SMILES string of the molecule is CC1(C)OC[C@@H](Cn2ccc(NC(=O)/C(=C/C3C[C@@H](F)[C@@H](F)C3)c3ccc(S(=O)(=O)C4CC4)cc3)n2)O1. The smallest absolute Gasteiger partial charge is 0.257 e. The van der Waals surface area contributed by atoms with Gasteiger partial charge in [-0.15, -0.1) is 0 Å². The molecular weight excluding hydrogens is 504 g/mol. The number of carbonyl (C=O) groups is 1. The maximum atomic E-state index is 13.8. The number of ether oxygens (including phenoxy) is 2. The predicted molar refractivity (Wildman–Crippen MR) is 133 cm³/mol. The van der Waals surface area contributed by atoms with Crippen molar-refractivity contribution in [2.24, 2.45) is 5.92 Å². The van der Waals surface area contributed by atoms with Gasteiger partial charge in [0.1, 0.15) is 18.4 Å². The molecule has 3 aliphatic rings. The Labute approximate surface area is 214 Å². The number of aromatic nitrogens is 2. The van der Waals surface area contributed by atoms with Crippen LogP contribution in [-0.4, -0.2) is 60.2 Å². The van der Waals surface area contributed by atoms with Crippen molar-refractivity contribution in [1.29, 1.82) is 0 Å². The van der Waals surface area contributed by atoms with Crippen molar-refractivity contribution in [2.75, 3.05) is 11.9 Å². The Morgan fingerprint density at radius 1 is 1.16 bits per heavy atom. The average molecular weight is 536 g/mol. The average Bonchev–Trinajstić information content (AvgIpc) is 3.44. The molecule has 2 heterocycles. The number of hydrogen-bond donors (Lipinski definition) is 1. The standard InChI is InChI=1S/C26H31F2N3O5S/c1-26(2)35-15-18(36-26)14-31-10-9-24(30-31)29-25(32)21(11-16-12-22(27)23(28)13-16)17-3-5-19(6-4-17)37(33,34)20-7-8-20/h3-6,9-11,16,18,20,22-23H,7-8,12-15H2,1-2H3,(H,29,30,32)/b21-11+/t16?,18-,22-,23+/m1/s1. The van der Waals surface area contributed by atoms with E-state index in [-0.39, 0.29) is 34.7 Å². The topological polar surface area (TPSA) is 99.5 Å². The van der Waals surface area contributed by atoms with Crippen molar-refractivity contribution in [3.63, 3.8) is 0 Å². The molecule has 8 nitrogen and oxygen atoms in total. The predicted octanol–water partition coefficient (Wildman–Crippen LogP) is 4.08. The summed E-state index contributed by atoms with van der Waals surface area (Å²) in [4.78, 5) is 13.5. The third-order valence-electron chi connectivity index (χ3n) is 6.89. The molecule has 2 aromatic rings. The first-order valence-electron chi connectivity index (χ1n) is 12.5. The Morgan fingerprint density at radius 3 is 2.43 bits per heavy atom. The van der Waals surface area contributed by atoms with Gasteiger partial charge in [-0.25, -0.2) is 17.2 Å². The zero-order valence-corrected chi connectivity index (χ0v) is 21.6. The molecule has 1 aromatic carbocycles. The molecule has 3 fully saturated rings. The van der Waals surface area contributed by atoms with Crippen LogP contribution in [0.5, 0.6) is 0 Å². The lowest BCUT2D eigenvalue weighted by atomic mass is 9.98. The highest BCUT2D eigenvalue weighted by Crippen LogP contribution is 2.36. The van der Waals surface area contributed by atoms with Crippen LogP contribution in [0.3, 0.4) is 0 Å². The minimum atomic E-state index is -3.38. The molecule has 1 aliphatic heterocycles. The lowest BCUT2D eigenvalue weighted by molar-refractivity contribution is -0.139. The van der Waals surface area contributed by atoms with Gasteiger partial charge < -0.3 is 14.8 Å². The summed E-state index contributed by atoms with van der Waals surface area (Å²) in [6, 6.07) is 7.73. The lowest BCUT2D eigenvalue weighted by Gasteiger charge is -2.17. The third-order valence-corrected chi connectivity index (χ3v) is 9.17. The molecular formula is C26H31F2N3O5S. The van der Waals surface area contributed by atoms with E-state index in [1.165, 1.54) is 12.1 Å². The fourth-order valence-electron chi connectivity index (χ4n) is 4.82. The van der Waals surface area contributed by atoms with Crippen LogP contribution in [-0.2, 0) is 30.7 Å². The van der Waals surface area contributed by atoms with Crippen LogP contribution < -0.4 is 5.32 Å². The Balaban J connectivity index is 1.34. The molecule has 200 valence electrons. The van der Waals surface area contributed by atoms with Gasteiger partial charge in [0.15, 0.2) is 21.4 Å². The Kier molecular flexibility index (Phi) is 6.97. The van der Waals surface area contributed by atoms with Crippen LogP contribution in [0.2, 0.25) is 0 Å². The van der Waals surface area contributed by atoms with Crippen molar-refractivity contribution in [3.8, 4) is 0 Å². The summed E-state index contributed by atoms with van der Waals surface area (Å²) in [6.45, 7) is 4.55. The maximum absolute atomic E-state index is 13.8. The number of carbonyl (C=O) groups excluding carboxylic acids is 1. The van der Waals surface area contributed by atoms with Crippen molar-refractivity contribution in [3.05, 3.63) is 48.2 Å². The second kappa shape index (κ2) is 9.92. The highest BCUT2D eigenvalue weighted by Gasteiger charge is 2.37. The second-order valence-electron chi connectivity index (χ2n) is 10.4. The van der Waals surface area contributed by atoms with Gasteiger partial charge in [-0.3, -0.25) is 9.48 Å². The van der Waals surface area contributed by atoms with Crippen LogP contribution >= 0.6 is 0 Å². The van der Waals surface area contributed by atoms with Gasteiger partial charge >= 0.3 is 0 Å². The number of amides is 1. The fourth-order valence-corrected chi connectivity index (χ4v) is 6.47. The number of allylic oxidation sites excluding steroid dienone is 1. The lowest BCUT2D eigenvalue weighted by Crippen LogP contribution is -2.24. The zero-order chi connectivity index (χ0) is 26.4. The van der Waals surface area contributed by atoms with Crippen LogP contribution in [0.25, 0.3) is 5.57 Å². The molecule has 1 saturated heterocycles. The van der Waals surface area contributed by atoms with Crippen molar-refractivity contribution in [2.45, 2.75) is 80.5 Å². The summed E-state index contributed by atoms with van der Waals surface area (Å²) in [6.07, 6.45) is 1.25. The van der Waals surface area contributed by atoms with E-state index in [1.54, 1.807) is 35.2 Å². The molecule has 1 amide bonds. The van der Waals surface area contributed by atoms with Gasteiger partial charge in [0.25, 0.3) is 5.91 Å². The number of sulfone groups is 1. The first-order chi connectivity index (χ1) is 17.5. The Hall–Kier alpha value is -2.63. The molecule has 2 saturated carbocycles. The number of halogens is 2. The van der Waals surface area contributed by atoms with E-state index in [1.807, 2.05) is 13.8 Å². The first-order valence-corrected chi connectivity index (χ1v) is 14.1. The van der Waals surface area contributed by atoms with Gasteiger partial charge in [0, 0.05) is 17.8 Å². The van der Waals surface area contributed by atoms with Gasteiger partial charge in [0.05, 0.1) is 23.3 Å². The van der Waals surface area contributed by atoms with E-state index in [0.717, 1.165) is 0 Å². The summed E-state index contributed by atoms with van der Waals surface area (Å²) >= 11 is 0. The number of benzene rings is 1. The first kappa shape index (κ1) is 26.0. The highest BCUT2D eigenvalue weighted by molar-refractivity contribution is 7.92. The summed E-state index contributed by atoms with van der Waals surface area (Å²) < 4.78 is 65.8. The molecule has 1 unspecified atom stereocenters. The Morgan fingerprint density at radius 2 is 1.84 bits per heavy atom. The fraction of sp³-hybridized carbons (Fsp3) is 0.538. The van der Waals surface area contributed by atoms with Crippen LogP contribution in [0.1, 0.15) is 45.1 Å². The zero-order valence-electron chi connectivity index (χ0n) is 20.8. The quantitative estimate of drug-likeness (QED) is 0.512. The number of nitrogens with zero attached hydrogens (tertiary/aromatic N) is 2. The number of hydrogen-bond acceptors (Lipinski definition) is 6. The van der Waals surface area contributed by atoms with Crippen LogP contribution in [0, 0.1) is 5.92 Å². The monoisotopic (exact) mass is 535 g/mol. The molecule has 1 aromatic heterocycles. The summed E-state index contributed by atoms with van der Waals surface area (Å²) in [5.74, 6) is -1.30. The van der Waals surface area contributed by atoms with E-state index < -0.39 is 39.8 Å². The Bertz CT molecular complexity index is 1280. The molecule has 0 bridgehead atoms. The molecule has 2 aliphatic carbocycles. The third kappa shape index (κ3) is 5.94. The van der Waals surface area contributed by atoms with Gasteiger partial charge in [-0.05, 0) is 63.1 Å². The number of anilines is 1. The van der Waals surface area contributed by atoms with E-state index in [9.17, 15) is 22.0 Å². The van der Waals surface area contributed by atoms with Gasteiger partial charge in [0.2, 0.25) is 0 Å². The molecule has 37 heavy (non-hydrogen) atoms. The molecule has 0 spiro atoms. The maximum Gasteiger partial charge on any atom is 0.257 e. The van der Waals surface area contributed by atoms with Crippen LogP contribution in [0.4, 0.5) is 14.6 Å². The van der Waals surface area contributed by atoms with E-state index in [0.29, 0.717) is 37.4 Å². The minimum absolute atomic E-state index is 0.0134. The van der Waals surface area contributed by atoms with E-state index in [4.69, 9.17) is 9.47 Å². The number of alkyl halides is 2. The molecule has 11 heteroatoms. The number of rotatable bonds is 8. The number of nitrogens with one attached hydrogen (secondary N) is 1. The minimum Gasteiger partial charge on any atom is -0.348 e. The van der Waals surface area contributed by atoms with Crippen molar-refractivity contribution in [1.82, 2.24) is 9.78 Å². The molecule has 1 N–H and O–H groups in total. The molecule has 4 atom stereocenters. The van der Waals surface area contributed by atoms with E-state index >= 15 is 0 Å². The van der Waals surface area contributed by atoms with Gasteiger partial charge in [-0.2, -0.15) is 5.10 Å². The normalized spacial score (nSPS) is 27.9. The highest BCUT2D eigenvalue weighted by atomic mass is 32.2.